The molecule has 4 heterocycles. The Morgan fingerprint density at radius 1 is 1.08 bits per heavy atom. The molecule has 39 heavy (non-hydrogen) atoms. The lowest BCUT2D eigenvalue weighted by atomic mass is 10.1. The highest BCUT2D eigenvalue weighted by atomic mass is 16.5. The molecule has 1 atom stereocenters. The van der Waals surface area contributed by atoms with Crippen molar-refractivity contribution in [3.05, 3.63) is 66.1 Å². The molecule has 2 fully saturated rings. The number of benzene rings is 1. The number of H-pyrrole nitrogens is 1. The second-order valence-corrected chi connectivity index (χ2v) is 10.9. The third-order valence-corrected chi connectivity index (χ3v) is 7.62. The lowest BCUT2D eigenvalue weighted by Crippen LogP contribution is -2.49. The summed E-state index contributed by atoms with van der Waals surface area (Å²) >= 11 is 0. The number of ether oxygens (including phenoxy) is 1. The van der Waals surface area contributed by atoms with Gasteiger partial charge in [-0.3, -0.25) is 14.7 Å². The van der Waals surface area contributed by atoms with Gasteiger partial charge in [0.25, 0.3) is 0 Å². The normalized spacial score (nSPS) is 17.1. The van der Waals surface area contributed by atoms with Crippen molar-refractivity contribution in [1.82, 2.24) is 34.7 Å². The Bertz CT molecular complexity index is 1470. The first-order chi connectivity index (χ1) is 18.9. The van der Waals surface area contributed by atoms with E-state index < -0.39 is 0 Å². The predicted octanol–water partition coefficient (Wildman–Crippen LogP) is 4.41. The molecule has 0 spiro atoms. The molecule has 0 bridgehead atoms. The molecule has 2 aliphatic rings. The minimum Gasteiger partial charge on any atom is -0.487 e. The van der Waals surface area contributed by atoms with E-state index in [-0.39, 0.29) is 12.1 Å². The van der Waals surface area contributed by atoms with E-state index in [0.717, 1.165) is 72.8 Å². The van der Waals surface area contributed by atoms with E-state index in [2.05, 4.69) is 54.9 Å². The lowest BCUT2D eigenvalue weighted by Gasteiger charge is -2.38. The molecule has 1 aliphatic carbocycles. The molecule has 1 saturated heterocycles. The Labute approximate surface area is 228 Å². The van der Waals surface area contributed by atoms with Crippen molar-refractivity contribution in [3.63, 3.8) is 0 Å². The van der Waals surface area contributed by atoms with E-state index in [0.29, 0.717) is 24.0 Å². The minimum atomic E-state index is 0.0318. The summed E-state index contributed by atoms with van der Waals surface area (Å²) in [5.41, 5.74) is 5.77. The molecule has 4 aromatic rings. The topological polar surface area (TPSA) is 100 Å². The Morgan fingerprint density at radius 2 is 1.90 bits per heavy atom. The summed E-state index contributed by atoms with van der Waals surface area (Å²) in [5, 5.41) is 0. The fourth-order valence-electron chi connectivity index (χ4n) is 5.32. The molecule has 3 aromatic heterocycles. The van der Waals surface area contributed by atoms with Crippen LogP contribution in [0.5, 0.6) is 5.75 Å². The number of hydrogen-bond donors (Lipinski definition) is 1. The van der Waals surface area contributed by atoms with Crippen LogP contribution in [-0.4, -0.2) is 72.9 Å². The van der Waals surface area contributed by atoms with Crippen molar-refractivity contribution in [3.8, 4) is 17.0 Å². The number of piperazine rings is 1. The van der Waals surface area contributed by atoms with Gasteiger partial charge in [0.1, 0.15) is 17.8 Å². The average Bonchev–Trinajstić information content (AvgIpc) is 3.72. The highest BCUT2D eigenvalue weighted by Crippen LogP contribution is 2.32. The number of carbonyl (C=O) groups excluding carboxylic acids is 1. The van der Waals surface area contributed by atoms with E-state index in [1.165, 1.54) is 5.56 Å². The monoisotopic (exact) mass is 525 g/mol. The quantitative estimate of drug-likeness (QED) is 0.364. The third kappa shape index (κ3) is 5.63. The van der Waals surface area contributed by atoms with Crippen molar-refractivity contribution in [2.45, 2.75) is 52.2 Å². The van der Waals surface area contributed by atoms with Crippen molar-refractivity contribution in [2.24, 2.45) is 5.92 Å². The van der Waals surface area contributed by atoms with Crippen LogP contribution < -0.4 is 4.74 Å². The van der Waals surface area contributed by atoms with Crippen LogP contribution in [0.1, 0.15) is 56.7 Å². The lowest BCUT2D eigenvalue weighted by molar-refractivity contribution is -0.134. The van der Waals surface area contributed by atoms with Crippen LogP contribution in [0.3, 0.4) is 0 Å². The summed E-state index contributed by atoms with van der Waals surface area (Å²) in [6, 6.07) is 10.6. The van der Waals surface area contributed by atoms with Crippen molar-refractivity contribution >= 4 is 16.9 Å². The van der Waals surface area contributed by atoms with Gasteiger partial charge in [0.15, 0.2) is 5.75 Å². The van der Waals surface area contributed by atoms with E-state index >= 15 is 0 Å². The SMILES string of the molecule is CC(C)Oc1cncnc1-c1ccc2nc(Cc3cc(C(C)N4CCN(C(=O)C5CC5)CC4)ccn3)[nH]c2c1. The summed E-state index contributed by atoms with van der Waals surface area (Å²) in [4.78, 5) is 38.4. The van der Waals surface area contributed by atoms with Crippen molar-refractivity contribution in [2.75, 3.05) is 26.2 Å². The molecular weight excluding hydrogens is 490 g/mol. The highest BCUT2D eigenvalue weighted by Gasteiger charge is 2.35. The number of hydrogen-bond acceptors (Lipinski definition) is 7. The van der Waals surface area contributed by atoms with Crippen LogP contribution in [0, 0.1) is 5.92 Å². The maximum atomic E-state index is 12.4. The van der Waals surface area contributed by atoms with Gasteiger partial charge in [-0.25, -0.2) is 15.0 Å². The van der Waals surface area contributed by atoms with Crippen LogP contribution in [0.2, 0.25) is 0 Å². The summed E-state index contributed by atoms with van der Waals surface area (Å²) in [5.74, 6) is 2.18. The second-order valence-electron chi connectivity index (χ2n) is 10.9. The molecule has 9 nitrogen and oxygen atoms in total. The van der Waals surface area contributed by atoms with Gasteiger partial charge in [0.2, 0.25) is 5.91 Å². The molecule has 6 rings (SSSR count). The smallest absolute Gasteiger partial charge is 0.225 e. The number of rotatable bonds is 8. The Hall–Kier alpha value is -3.85. The molecule has 1 aromatic carbocycles. The van der Waals surface area contributed by atoms with Gasteiger partial charge in [-0.05, 0) is 63.4 Å². The van der Waals surface area contributed by atoms with Crippen LogP contribution in [-0.2, 0) is 11.2 Å². The zero-order chi connectivity index (χ0) is 26.9. The zero-order valence-corrected chi connectivity index (χ0v) is 22.8. The number of aromatic nitrogens is 5. The third-order valence-electron chi connectivity index (χ3n) is 7.62. The number of nitrogens with zero attached hydrogens (tertiary/aromatic N) is 6. The van der Waals surface area contributed by atoms with Crippen LogP contribution in [0.25, 0.3) is 22.3 Å². The second kappa shape index (κ2) is 10.7. The number of carbonyl (C=O) groups is 1. The number of pyridine rings is 1. The maximum absolute atomic E-state index is 12.4. The standard InChI is InChI=1S/C30H35N7O2/c1-19(2)39-27-17-31-18-33-29(27)23-6-7-25-26(15-23)35-28(34-25)16-24-14-22(8-9-32-24)20(3)36-10-12-37(13-11-36)30(38)21-4-5-21/h6-9,14-15,17-21H,4-5,10-13,16H2,1-3H3,(H,34,35). The molecule has 1 aliphatic heterocycles. The van der Waals surface area contributed by atoms with Gasteiger partial charge in [-0.2, -0.15) is 0 Å². The summed E-state index contributed by atoms with van der Waals surface area (Å²) in [7, 11) is 0. The van der Waals surface area contributed by atoms with Crippen LogP contribution in [0.4, 0.5) is 0 Å². The summed E-state index contributed by atoms with van der Waals surface area (Å²) < 4.78 is 5.92. The van der Waals surface area contributed by atoms with Gasteiger partial charge in [0.05, 0.1) is 23.3 Å². The van der Waals surface area contributed by atoms with E-state index in [4.69, 9.17) is 9.72 Å². The molecule has 1 amide bonds. The molecular formula is C30H35N7O2. The van der Waals surface area contributed by atoms with Gasteiger partial charge < -0.3 is 14.6 Å². The summed E-state index contributed by atoms with van der Waals surface area (Å²) in [6.07, 6.45) is 7.92. The van der Waals surface area contributed by atoms with Crippen molar-refractivity contribution < 1.29 is 9.53 Å². The van der Waals surface area contributed by atoms with Gasteiger partial charge in [-0.1, -0.05) is 6.07 Å². The molecule has 9 heteroatoms. The number of imidazole rings is 1. The number of aromatic amines is 1. The van der Waals surface area contributed by atoms with E-state index in [1.54, 1.807) is 12.5 Å². The fraction of sp³-hybridized carbons (Fsp3) is 0.433. The maximum Gasteiger partial charge on any atom is 0.225 e. The Morgan fingerprint density at radius 3 is 2.67 bits per heavy atom. The predicted molar refractivity (Wildman–Crippen MR) is 149 cm³/mol. The van der Waals surface area contributed by atoms with Gasteiger partial charge >= 0.3 is 0 Å². The number of nitrogens with one attached hydrogen (secondary N) is 1. The van der Waals surface area contributed by atoms with Gasteiger partial charge in [0, 0.05) is 62.0 Å². The highest BCUT2D eigenvalue weighted by molar-refractivity contribution is 5.82. The molecule has 1 N–H and O–H groups in total. The molecule has 1 unspecified atom stereocenters. The zero-order valence-electron chi connectivity index (χ0n) is 22.8. The molecule has 202 valence electrons. The largest absolute Gasteiger partial charge is 0.487 e. The number of fused-ring (bicyclic) bond motifs is 1. The van der Waals surface area contributed by atoms with Crippen LogP contribution in [0.15, 0.2) is 49.1 Å². The fourth-order valence-corrected chi connectivity index (χ4v) is 5.32. The first-order valence-electron chi connectivity index (χ1n) is 13.9. The van der Waals surface area contributed by atoms with E-state index in [9.17, 15) is 4.79 Å². The Kier molecular flexibility index (Phi) is 6.99. The van der Waals surface area contributed by atoms with Gasteiger partial charge in [-0.15, -0.1) is 0 Å². The first kappa shape index (κ1) is 25.4. The molecule has 1 saturated carbocycles. The van der Waals surface area contributed by atoms with E-state index in [1.807, 2.05) is 32.2 Å². The van der Waals surface area contributed by atoms with Crippen LogP contribution >= 0.6 is 0 Å². The minimum absolute atomic E-state index is 0.0318. The van der Waals surface area contributed by atoms with Crippen molar-refractivity contribution in [1.29, 1.82) is 0 Å². The number of amides is 1. The molecule has 0 radical (unpaired) electrons. The Balaban J connectivity index is 1.15. The average molecular weight is 526 g/mol. The summed E-state index contributed by atoms with van der Waals surface area (Å²) in [6.45, 7) is 9.66. The first-order valence-corrected chi connectivity index (χ1v) is 13.9.